The van der Waals surface area contributed by atoms with Gasteiger partial charge < -0.3 is 19.8 Å². The molecule has 1 aromatic heterocycles. The van der Waals surface area contributed by atoms with E-state index in [0.717, 1.165) is 24.8 Å². The maximum absolute atomic E-state index is 12.6. The minimum Gasteiger partial charge on any atom is -0.459 e. The summed E-state index contributed by atoms with van der Waals surface area (Å²) in [5.41, 5.74) is 2.77. The first-order chi connectivity index (χ1) is 15.1. The van der Waals surface area contributed by atoms with Crippen LogP contribution in [0.2, 0.25) is 0 Å². The SMILES string of the molecule is O=C(COC(=O)c1ccccc1NC(=O)c1ccco1)N[C@H]1CCCc2ccccc21. The van der Waals surface area contributed by atoms with Crippen molar-refractivity contribution in [3.8, 4) is 0 Å². The highest BCUT2D eigenvalue weighted by Gasteiger charge is 2.22. The fourth-order valence-electron chi connectivity index (χ4n) is 3.71. The Morgan fingerprint density at radius 3 is 2.65 bits per heavy atom. The minimum absolute atomic E-state index is 0.0870. The minimum atomic E-state index is -0.700. The van der Waals surface area contributed by atoms with Crippen LogP contribution >= 0.6 is 0 Å². The Kier molecular flexibility index (Phi) is 6.12. The molecule has 0 radical (unpaired) electrons. The van der Waals surface area contributed by atoms with Crippen LogP contribution in [0.15, 0.2) is 71.3 Å². The molecule has 7 nitrogen and oxygen atoms in total. The smallest absolute Gasteiger partial charge is 0.340 e. The lowest BCUT2D eigenvalue weighted by atomic mass is 9.88. The van der Waals surface area contributed by atoms with E-state index < -0.39 is 18.5 Å². The van der Waals surface area contributed by atoms with Crippen LogP contribution in [-0.4, -0.2) is 24.4 Å². The van der Waals surface area contributed by atoms with Gasteiger partial charge in [0, 0.05) is 0 Å². The maximum atomic E-state index is 12.6. The first kappa shape index (κ1) is 20.4. The number of rotatable bonds is 6. The number of aryl methyl sites for hydroxylation is 1. The molecule has 0 saturated carbocycles. The second-order valence-corrected chi connectivity index (χ2v) is 7.26. The standard InChI is InChI=1S/C24H22N2O5/c27-22(25-19-12-5-8-16-7-1-2-9-17(16)19)15-31-24(29)18-10-3-4-11-20(18)26-23(28)21-13-6-14-30-21/h1-4,6-7,9-11,13-14,19H,5,8,12,15H2,(H,25,27)(H,26,28)/t19-/m0/s1. The molecule has 2 amide bonds. The Hall–Kier alpha value is -3.87. The monoisotopic (exact) mass is 418 g/mol. The molecular weight excluding hydrogens is 396 g/mol. The van der Waals surface area contributed by atoms with Crippen molar-refractivity contribution >= 4 is 23.5 Å². The number of carbonyl (C=O) groups is 3. The lowest BCUT2D eigenvalue weighted by molar-refractivity contribution is -0.125. The number of furan rings is 1. The van der Waals surface area contributed by atoms with Gasteiger partial charge in [-0.3, -0.25) is 9.59 Å². The van der Waals surface area contributed by atoms with E-state index in [0.29, 0.717) is 0 Å². The Bertz CT molecular complexity index is 1090. The molecule has 1 aliphatic rings. The number of amides is 2. The molecule has 1 atom stereocenters. The van der Waals surface area contributed by atoms with E-state index in [1.165, 1.54) is 24.0 Å². The second-order valence-electron chi connectivity index (χ2n) is 7.26. The molecule has 158 valence electrons. The van der Waals surface area contributed by atoms with Crippen molar-refractivity contribution in [2.75, 3.05) is 11.9 Å². The summed E-state index contributed by atoms with van der Waals surface area (Å²) < 4.78 is 10.3. The van der Waals surface area contributed by atoms with Crippen molar-refractivity contribution in [1.29, 1.82) is 0 Å². The summed E-state index contributed by atoms with van der Waals surface area (Å²) >= 11 is 0. The van der Waals surface area contributed by atoms with Crippen molar-refractivity contribution in [2.24, 2.45) is 0 Å². The average Bonchev–Trinajstić information content (AvgIpc) is 3.33. The number of carbonyl (C=O) groups excluding carboxylic acids is 3. The van der Waals surface area contributed by atoms with Gasteiger partial charge in [0.2, 0.25) is 0 Å². The highest BCUT2D eigenvalue weighted by Crippen LogP contribution is 2.29. The van der Waals surface area contributed by atoms with Crippen LogP contribution in [-0.2, 0) is 16.0 Å². The quantitative estimate of drug-likeness (QED) is 0.592. The maximum Gasteiger partial charge on any atom is 0.340 e. The summed E-state index contributed by atoms with van der Waals surface area (Å²) in [7, 11) is 0. The summed E-state index contributed by atoms with van der Waals surface area (Å²) in [6, 6.07) is 17.5. The highest BCUT2D eigenvalue weighted by molar-refractivity contribution is 6.06. The molecule has 0 saturated heterocycles. The predicted molar refractivity (Wildman–Crippen MR) is 114 cm³/mol. The third-order valence-corrected chi connectivity index (χ3v) is 5.18. The van der Waals surface area contributed by atoms with Crippen molar-refractivity contribution in [1.82, 2.24) is 5.32 Å². The molecule has 0 unspecified atom stereocenters. The highest BCUT2D eigenvalue weighted by atomic mass is 16.5. The molecule has 2 N–H and O–H groups in total. The third kappa shape index (κ3) is 4.83. The van der Waals surface area contributed by atoms with Crippen LogP contribution in [0.5, 0.6) is 0 Å². The zero-order chi connectivity index (χ0) is 21.6. The van der Waals surface area contributed by atoms with Gasteiger partial charge in [-0.15, -0.1) is 0 Å². The number of hydrogen-bond donors (Lipinski definition) is 2. The van der Waals surface area contributed by atoms with E-state index in [1.807, 2.05) is 18.2 Å². The average molecular weight is 418 g/mol. The predicted octanol–water partition coefficient (Wildman–Crippen LogP) is 3.88. The molecular formula is C24H22N2O5. The van der Waals surface area contributed by atoms with Gasteiger partial charge in [0.1, 0.15) is 0 Å². The van der Waals surface area contributed by atoms with Crippen LogP contribution in [0.4, 0.5) is 5.69 Å². The van der Waals surface area contributed by atoms with Crippen molar-refractivity contribution < 1.29 is 23.5 Å². The fraction of sp³-hybridized carbons (Fsp3) is 0.208. The summed E-state index contributed by atoms with van der Waals surface area (Å²) in [5, 5.41) is 5.57. The molecule has 2 aromatic carbocycles. The zero-order valence-electron chi connectivity index (χ0n) is 16.8. The molecule has 7 heteroatoms. The van der Waals surface area contributed by atoms with Gasteiger partial charge in [-0.05, 0) is 54.7 Å². The summed E-state index contributed by atoms with van der Waals surface area (Å²) in [5.74, 6) is -1.43. The fourth-order valence-corrected chi connectivity index (χ4v) is 3.71. The summed E-state index contributed by atoms with van der Waals surface area (Å²) in [4.78, 5) is 37.2. The van der Waals surface area contributed by atoms with E-state index in [2.05, 4.69) is 16.7 Å². The van der Waals surface area contributed by atoms with E-state index in [1.54, 1.807) is 24.3 Å². The lowest BCUT2D eigenvalue weighted by Gasteiger charge is -2.26. The van der Waals surface area contributed by atoms with E-state index >= 15 is 0 Å². The summed E-state index contributed by atoms with van der Waals surface area (Å²) in [6.07, 6.45) is 4.22. The van der Waals surface area contributed by atoms with Crippen LogP contribution in [0.1, 0.15) is 50.9 Å². The Balaban J connectivity index is 1.36. The molecule has 31 heavy (non-hydrogen) atoms. The van der Waals surface area contributed by atoms with Crippen molar-refractivity contribution in [2.45, 2.75) is 25.3 Å². The van der Waals surface area contributed by atoms with Gasteiger partial charge in [0.05, 0.1) is 23.6 Å². The van der Waals surface area contributed by atoms with Gasteiger partial charge >= 0.3 is 5.97 Å². The number of nitrogens with one attached hydrogen (secondary N) is 2. The van der Waals surface area contributed by atoms with Crippen molar-refractivity contribution in [3.05, 3.63) is 89.4 Å². The van der Waals surface area contributed by atoms with Crippen LogP contribution in [0.3, 0.4) is 0 Å². The molecule has 0 bridgehead atoms. The Morgan fingerprint density at radius 2 is 1.81 bits per heavy atom. The first-order valence-corrected chi connectivity index (χ1v) is 10.1. The Morgan fingerprint density at radius 1 is 1.00 bits per heavy atom. The van der Waals surface area contributed by atoms with E-state index in [9.17, 15) is 14.4 Å². The van der Waals surface area contributed by atoms with Gasteiger partial charge in [0.15, 0.2) is 12.4 Å². The van der Waals surface area contributed by atoms with Gasteiger partial charge in [-0.1, -0.05) is 36.4 Å². The first-order valence-electron chi connectivity index (χ1n) is 10.1. The number of esters is 1. The number of fused-ring (bicyclic) bond motifs is 1. The normalized spacial score (nSPS) is 14.9. The lowest BCUT2D eigenvalue weighted by Crippen LogP contribution is -2.34. The zero-order valence-corrected chi connectivity index (χ0v) is 16.8. The van der Waals surface area contributed by atoms with E-state index in [4.69, 9.17) is 9.15 Å². The molecule has 0 fully saturated rings. The molecule has 4 rings (SSSR count). The summed E-state index contributed by atoms with van der Waals surface area (Å²) in [6.45, 7) is -0.405. The Labute approximate surface area is 179 Å². The molecule has 1 heterocycles. The van der Waals surface area contributed by atoms with Crippen molar-refractivity contribution in [3.63, 3.8) is 0 Å². The topological polar surface area (TPSA) is 97.6 Å². The van der Waals surface area contributed by atoms with Crippen LogP contribution < -0.4 is 10.6 Å². The van der Waals surface area contributed by atoms with Gasteiger partial charge in [0.25, 0.3) is 11.8 Å². The molecule has 0 aliphatic heterocycles. The van der Waals surface area contributed by atoms with Gasteiger partial charge in [-0.2, -0.15) is 0 Å². The molecule has 1 aliphatic carbocycles. The van der Waals surface area contributed by atoms with Gasteiger partial charge in [-0.25, -0.2) is 4.79 Å². The molecule has 0 spiro atoms. The number of anilines is 1. The number of hydrogen-bond acceptors (Lipinski definition) is 5. The number of benzene rings is 2. The van der Waals surface area contributed by atoms with E-state index in [-0.39, 0.29) is 29.0 Å². The largest absolute Gasteiger partial charge is 0.459 e. The number of para-hydroxylation sites is 1. The van der Waals surface area contributed by atoms with Crippen LogP contribution in [0, 0.1) is 0 Å². The number of ether oxygens (including phenoxy) is 1. The second kappa shape index (κ2) is 9.30. The molecule has 3 aromatic rings. The third-order valence-electron chi connectivity index (χ3n) is 5.18. The van der Waals surface area contributed by atoms with Crippen LogP contribution in [0.25, 0.3) is 0 Å².